The monoisotopic (exact) mass is 526 g/mol. The number of nitrogens with zero attached hydrogens (tertiary/aromatic N) is 2. The van der Waals surface area contributed by atoms with Crippen LogP contribution in [0.4, 0.5) is 0 Å². The maximum atomic E-state index is 13.7. The van der Waals surface area contributed by atoms with Gasteiger partial charge in [0.1, 0.15) is 0 Å². The molecule has 0 amide bonds. The molecule has 40 heavy (non-hydrogen) atoms. The molecule has 1 aliphatic carbocycles. The van der Waals surface area contributed by atoms with E-state index in [1.54, 1.807) is 0 Å². The molecule has 0 saturated heterocycles. The highest BCUT2D eigenvalue weighted by atomic mass is 16.2. The lowest BCUT2D eigenvalue weighted by Crippen LogP contribution is -2.48. The first-order valence-electron chi connectivity index (χ1n) is 14.4. The molecule has 0 atom stereocenters. The van der Waals surface area contributed by atoms with Gasteiger partial charge in [0.05, 0.1) is 11.8 Å². The Morgan fingerprint density at radius 2 is 0.975 bits per heavy atom. The van der Waals surface area contributed by atoms with Crippen LogP contribution in [-0.2, 0) is 22.7 Å². The van der Waals surface area contributed by atoms with Gasteiger partial charge in [-0.2, -0.15) is 0 Å². The van der Waals surface area contributed by atoms with Gasteiger partial charge < -0.3 is 9.13 Å². The molecule has 2 heterocycles. The molecule has 0 unspecified atom stereocenters. The molecule has 1 saturated carbocycles. The standard InChI is InChI=1S/C36H34N2O2/c1-21(2)19-37-29-15-7-11-23-9-5-13-25(33(23)29)31(37)17-27-35(39)28(36(27)40)18-32-26-14-6-10-24-12-8-16-30(34(24)26)38(32)20-22(3)4/h5-18,21-22,27-28H,19-20H2,1-4H3. The zero-order valence-corrected chi connectivity index (χ0v) is 23.5. The van der Waals surface area contributed by atoms with Crippen LogP contribution in [0.25, 0.3) is 55.5 Å². The number of hydrogen-bond acceptors (Lipinski definition) is 2. The third kappa shape index (κ3) is 3.66. The van der Waals surface area contributed by atoms with Crippen LogP contribution < -0.4 is 10.7 Å². The quantitative estimate of drug-likeness (QED) is 0.239. The van der Waals surface area contributed by atoms with Crippen molar-refractivity contribution >= 4 is 67.1 Å². The number of Topliss-reactive ketones (excluding diaryl/α,β-unsaturated/α-hetero) is 2. The summed E-state index contributed by atoms with van der Waals surface area (Å²) in [5.74, 6) is -0.590. The first-order valence-corrected chi connectivity index (χ1v) is 14.4. The molecule has 200 valence electrons. The number of hydrogen-bond donors (Lipinski definition) is 0. The van der Waals surface area contributed by atoms with Crippen LogP contribution in [0.1, 0.15) is 27.7 Å². The van der Waals surface area contributed by atoms with E-state index in [4.69, 9.17) is 0 Å². The zero-order valence-electron chi connectivity index (χ0n) is 23.5. The lowest BCUT2D eigenvalue weighted by atomic mass is 9.71. The van der Waals surface area contributed by atoms with E-state index in [0.717, 1.165) is 45.6 Å². The van der Waals surface area contributed by atoms with Crippen molar-refractivity contribution in [3.8, 4) is 0 Å². The molecule has 1 aliphatic rings. The Kier molecular flexibility index (Phi) is 5.71. The summed E-state index contributed by atoms with van der Waals surface area (Å²) in [6.07, 6.45) is 3.87. The van der Waals surface area contributed by atoms with E-state index in [-0.39, 0.29) is 11.6 Å². The number of ketones is 2. The number of carbonyl (C=O) groups is 2. The second-order valence-corrected chi connectivity index (χ2v) is 12.2. The van der Waals surface area contributed by atoms with Gasteiger partial charge in [0.25, 0.3) is 0 Å². The van der Waals surface area contributed by atoms with Crippen LogP contribution in [0.15, 0.2) is 72.8 Å². The van der Waals surface area contributed by atoms with Crippen molar-refractivity contribution in [3.05, 3.63) is 83.5 Å². The van der Waals surface area contributed by atoms with Crippen molar-refractivity contribution in [3.63, 3.8) is 0 Å². The minimum Gasteiger partial charge on any atom is -0.340 e. The lowest BCUT2D eigenvalue weighted by Gasteiger charge is -2.27. The maximum Gasteiger partial charge on any atom is 0.161 e. The first-order chi connectivity index (χ1) is 19.3. The van der Waals surface area contributed by atoms with E-state index in [9.17, 15) is 9.59 Å². The SMILES string of the molecule is CC(C)Cn1c(=CC2C(=O)C(C=c3c4cccc5cccc(c54)n3CC(C)C)C2=O)c2cccc3cccc1c32. The summed E-state index contributed by atoms with van der Waals surface area (Å²) >= 11 is 0. The van der Waals surface area contributed by atoms with Crippen LogP contribution in [0.2, 0.25) is 0 Å². The average Bonchev–Trinajstić information content (AvgIpc) is 3.40. The van der Waals surface area contributed by atoms with Gasteiger partial charge >= 0.3 is 0 Å². The fourth-order valence-electron chi connectivity index (χ4n) is 6.77. The summed E-state index contributed by atoms with van der Waals surface area (Å²) in [7, 11) is 0. The van der Waals surface area contributed by atoms with E-state index in [1.807, 2.05) is 12.2 Å². The van der Waals surface area contributed by atoms with Crippen LogP contribution in [0, 0.1) is 23.7 Å². The summed E-state index contributed by atoms with van der Waals surface area (Å²) in [6, 6.07) is 25.3. The Morgan fingerprint density at radius 1 is 0.600 bits per heavy atom. The fourth-order valence-corrected chi connectivity index (χ4v) is 6.77. The number of rotatable bonds is 6. The Morgan fingerprint density at radius 3 is 1.35 bits per heavy atom. The average molecular weight is 527 g/mol. The second kappa shape index (κ2) is 9.19. The van der Waals surface area contributed by atoms with Gasteiger partial charge in [0.2, 0.25) is 0 Å². The molecule has 0 radical (unpaired) electrons. The van der Waals surface area contributed by atoms with Crippen LogP contribution in [-0.4, -0.2) is 20.7 Å². The molecule has 4 aromatic carbocycles. The highest BCUT2D eigenvalue weighted by Crippen LogP contribution is 2.32. The van der Waals surface area contributed by atoms with Crippen molar-refractivity contribution < 1.29 is 9.59 Å². The van der Waals surface area contributed by atoms with Gasteiger partial charge in [0.15, 0.2) is 11.6 Å². The Bertz CT molecular complexity index is 1900. The minimum atomic E-state index is -0.714. The molecule has 4 nitrogen and oxygen atoms in total. The molecule has 2 aromatic heterocycles. The van der Waals surface area contributed by atoms with Gasteiger partial charge in [-0.25, -0.2) is 0 Å². The predicted molar refractivity (Wildman–Crippen MR) is 165 cm³/mol. The Hall–Kier alpha value is -4.18. The van der Waals surface area contributed by atoms with Crippen LogP contribution in [0.3, 0.4) is 0 Å². The molecule has 0 N–H and O–H groups in total. The normalized spacial score (nSPS) is 19.1. The third-order valence-corrected chi connectivity index (χ3v) is 8.45. The number of benzene rings is 4. The third-order valence-electron chi connectivity index (χ3n) is 8.45. The number of aromatic nitrogens is 2. The minimum absolute atomic E-state index is 0.00902. The van der Waals surface area contributed by atoms with Gasteiger partial charge in [0, 0.05) is 56.4 Å². The van der Waals surface area contributed by atoms with Crippen molar-refractivity contribution in [2.75, 3.05) is 0 Å². The molecule has 0 aliphatic heterocycles. The molecular formula is C36H34N2O2. The zero-order chi connectivity index (χ0) is 27.7. The van der Waals surface area contributed by atoms with Gasteiger partial charge in [-0.15, -0.1) is 0 Å². The van der Waals surface area contributed by atoms with Crippen molar-refractivity contribution in [2.24, 2.45) is 23.7 Å². The summed E-state index contributed by atoms with van der Waals surface area (Å²) < 4.78 is 4.60. The number of carbonyl (C=O) groups excluding carboxylic acids is 2. The van der Waals surface area contributed by atoms with E-state index >= 15 is 0 Å². The highest BCUT2D eigenvalue weighted by Gasteiger charge is 2.46. The molecule has 4 heteroatoms. The molecule has 0 bridgehead atoms. The Labute approximate surface area is 233 Å². The van der Waals surface area contributed by atoms with Gasteiger partial charge in [-0.05, 0) is 46.9 Å². The lowest BCUT2D eigenvalue weighted by molar-refractivity contribution is -0.144. The van der Waals surface area contributed by atoms with E-state index in [0.29, 0.717) is 11.8 Å². The van der Waals surface area contributed by atoms with E-state index in [1.165, 1.54) is 21.5 Å². The summed E-state index contributed by atoms with van der Waals surface area (Å²) in [5, 5.41) is 8.96. The predicted octanol–water partition coefficient (Wildman–Crippen LogP) is 6.30. The molecule has 0 spiro atoms. The maximum absolute atomic E-state index is 13.7. The van der Waals surface area contributed by atoms with E-state index < -0.39 is 11.8 Å². The summed E-state index contributed by atoms with van der Waals surface area (Å²) in [5.41, 5.74) is 2.32. The van der Waals surface area contributed by atoms with Crippen LogP contribution >= 0.6 is 0 Å². The van der Waals surface area contributed by atoms with Crippen molar-refractivity contribution in [1.29, 1.82) is 0 Å². The van der Waals surface area contributed by atoms with Crippen LogP contribution in [0.5, 0.6) is 0 Å². The summed E-state index contributed by atoms with van der Waals surface area (Å²) in [4.78, 5) is 27.4. The Balaban J connectivity index is 1.37. The first kappa shape index (κ1) is 24.8. The fraction of sp³-hybridized carbons (Fsp3) is 0.278. The highest BCUT2D eigenvalue weighted by molar-refractivity contribution is 6.31. The largest absolute Gasteiger partial charge is 0.340 e. The topological polar surface area (TPSA) is 44.0 Å². The second-order valence-electron chi connectivity index (χ2n) is 12.2. The molecular weight excluding hydrogens is 492 g/mol. The molecule has 6 aromatic rings. The van der Waals surface area contributed by atoms with Gasteiger partial charge in [-0.3, -0.25) is 9.59 Å². The van der Waals surface area contributed by atoms with E-state index in [2.05, 4.69) is 110 Å². The summed E-state index contributed by atoms with van der Waals surface area (Å²) in [6.45, 7) is 10.5. The smallest absolute Gasteiger partial charge is 0.161 e. The molecule has 1 fully saturated rings. The molecule has 7 rings (SSSR count). The van der Waals surface area contributed by atoms with Crippen molar-refractivity contribution in [1.82, 2.24) is 9.13 Å². The van der Waals surface area contributed by atoms with Gasteiger partial charge in [-0.1, -0.05) is 88.4 Å². The van der Waals surface area contributed by atoms with Crippen molar-refractivity contribution in [2.45, 2.75) is 40.8 Å².